The largest absolute Gasteiger partial charge is 0.491 e. The predicted molar refractivity (Wildman–Crippen MR) is 59.9 cm³/mol. The summed E-state index contributed by atoms with van der Waals surface area (Å²) in [6.45, 7) is 0.123. The molecule has 0 saturated heterocycles. The molecule has 6 heteroatoms. The van der Waals surface area contributed by atoms with E-state index >= 15 is 0 Å². The second kappa shape index (κ2) is 5.29. The van der Waals surface area contributed by atoms with E-state index in [9.17, 15) is 8.42 Å². The summed E-state index contributed by atoms with van der Waals surface area (Å²) in [6.07, 6.45) is 0. The van der Waals surface area contributed by atoms with E-state index in [0.717, 1.165) is 4.31 Å². The van der Waals surface area contributed by atoms with E-state index in [0.29, 0.717) is 5.75 Å². The minimum atomic E-state index is -3.39. The molecule has 0 aliphatic rings. The van der Waals surface area contributed by atoms with Crippen LogP contribution in [-0.2, 0) is 10.0 Å². The van der Waals surface area contributed by atoms with Crippen LogP contribution in [0.15, 0.2) is 29.2 Å². The first kappa shape index (κ1) is 13.0. The Kier molecular flexibility index (Phi) is 4.28. The molecule has 0 amide bonds. The molecule has 1 N–H and O–H groups in total. The van der Waals surface area contributed by atoms with Crippen LogP contribution in [0.4, 0.5) is 0 Å². The average molecular weight is 245 g/mol. The number of sulfonamides is 1. The van der Waals surface area contributed by atoms with Crippen molar-refractivity contribution in [2.45, 2.75) is 4.90 Å². The van der Waals surface area contributed by atoms with Gasteiger partial charge in [0.1, 0.15) is 12.4 Å². The summed E-state index contributed by atoms with van der Waals surface area (Å²) < 4.78 is 29.7. The van der Waals surface area contributed by atoms with Crippen LogP contribution in [0, 0.1) is 0 Å². The van der Waals surface area contributed by atoms with Gasteiger partial charge in [-0.1, -0.05) is 0 Å². The highest BCUT2D eigenvalue weighted by Gasteiger charge is 2.16. The van der Waals surface area contributed by atoms with Crippen LogP contribution < -0.4 is 4.74 Å². The molecule has 16 heavy (non-hydrogen) atoms. The zero-order chi connectivity index (χ0) is 12.2. The van der Waals surface area contributed by atoms with Crippen molar-refractivity contribution in [3.63, 3.8) is 0 Å². The van der Waals surface area contributed by atoms with Crippen molar-refractivity contribution < 1.29 is 18.3 Å². The monoisotopic (exact) mass is 245 g/mol. The molecule has 1 aromatic rings. The summed E-state index contributed by atoms with van der Waals surface area (Å²) in [5.74, 6) is 0.534. The van der Waals surface area contributed by atoms with Gasteiger partial charge in [-0.3, -0.25) is 0 Å². The van der Waals surface area contributed by atoms with Gasteiger partial charge in [-0.15, -0.1) is 0 Å². The standard InChI is InChI=1S/C10H15NO4S/c1-11(2)16(13,14)10-5-3-9(4-6-10)15-8-7-12/h3-6,12H,7-8H2,1-2H3. The van der Waals surface area contributed by atoms with Gasteiger partial charge in [0.15, 0.2) is 0 Å². The Morgan fingerprint density at radius 1 is 1.25 bits per heavy atom. The lowest BCUT2D eigenvalue weighted by Gasteiger charge is -2.11. The maximum absolute atomic E-state index is 11.7. The SMILES string of the molecule is CN(C)S(=O)(=O)c1ccc(OCCO)cc1. The zero-order valence-corrected chi connectivity index (χ0v) is 10.1. The van der Waals surface area contributed by atoms with Crippen LogP contribution in [0.3, 0.4) is 0 Å². The highest BCUT2D eigenvalue weighted by molar-refractivity contribution is 7.89. The molecule has 0 unspecified atom stereocenters. The Morgan fingerprint density at radius 3 is 2.25 bits per heavy atom. The van der Waals surface area contributed by atoms with E-state index in [-0.39, 0.29) is 18.1 Å². The van der Waals surface area contributed by atoms with Crippen LogP contribution in [0.25, 0.3) is 0 Å². The molecule has 0 fully saturated rings. The molecule has 0 bridgehead atoms. The number of rotatable bonds is 5. The third kappa shape index (κ3) is 2.94. The Labute approximate surface area is 95.3 Å². The number of nitrogens with zero attached hydrogens (tertiary/aromatic N) is 1. The highest BCUT2D eigenvalue weighted by Crippen LogP contribution is 2.17. The molecule has 0 aliphatic heterocycles. The maximum atomic E-state index is 11.7. The lowest BCUT2D eigenvalue weighted by molar-refractivity contribution is 0.201. The number of aliphatic hydroxyl groups is 1. The van der Waals surface area contributed by atoms with E-state index in [1.807, 2.05) is 0 Å². The molecule has 0 aromatic heterocycles. The molecule has 5 nitrogen and oxygen atoms in total. The molecule has 0 atom stereocenters. The van der Waals surface area contributed by atoms with Crippen LogP contribution >= 0.6 is 0 Å². The topological polar surface area (TPSA) is 66.8 Å². The summed E-state index contributed by atoms with van der Waals surface area (Å²) in [4.78, 5) is 0.217. The predicted octanol–water partition coefficient (Wildman–Crippen LogP) is 0.308. The number of aliphatic hydroxyl groups excluding tert-OH is 1. The van der Waals surface area contributed by atoms with Gasteiger partial charge >= 0.3 is 0 Å². The fourth-order valence-electron chi connectivity index (χ4n) is 1.08. The van der Waals surface area contributed by atoms with Crippen molar-refractivity contribution in [1.29, 1.82) is 0 Å². The van der Waals surface area contributed by atoms with E-state index in [2.05, 4.69) is 0 Å². The molecule has 90 valence electrons. The van der Waals surface area contributed by atoms with Crippen molar-refractivity contribution in [2.24, 2.45) is 0 Å². The van der Waals surface area contributed by atoms with Gasteiger partial charge in [0, 0.05) is 14.1 Å². The van der Waals surface area contributed by atoms with E-state index in [4.69, 9.17) is 9.84 Å². The first-order valence-electron chi connectivity index (χ1n) is 4.74. The third-order valence-electron chi connectivity index (χ3n) is 1.96. The Bertz CT molecular complexity index is 425. The van der Waals surface area contributed by atoms with Crippen molar-refractivity contribution in [2.75, 3.05) is 27.3 Å². The smallest absolute Gasteiger partial charge is 0.242 e. The fraction of sp³-hybridized carbons (Fsp3) is 0.400. The van der Waals surface area contributed by atoms with Crippen molar-refractivity contribution in [3.05, 3.63) is 24.3 Å². The molecule has 1 aromatic carbocycles. The lowest BCUT2D eigenvalue weighted by atomic mass is 10.3. The van der Waals surface area contributed by atoms with Gasteiger partial charge in [0.2, 0.25) is 10.0 Å². The van der Waals surface area contributed by atoms with Crippen LogP contribution in [0.1, 0.15) is 0 Å². The zero-order valence-electron chi connectivity index (χ0n) is 9.25. The van der Waals surface area contributed by atoms with E-state index in [1.54, 1.807) is 12.1 Å². The number of benzene rings is 1. The second-order valence-corrected chi connectivity index (χ2v) is 5.48. The average Bonchev–Trinajstić information content (AvgIpc) is 2.26. The van der Waals surface area contributed by atoms with Gasteiger partial charge in [0.25, 0.3) is 0 Å². The van der Waals surface area contributed by atoms with E-state index < -0.39 is 10.0 Å². The summed E-state index contributed by atoms with van der Waals surface area (Å²) in [5, 5.41) is 8.56. The van der Waals surface area contributed by atoms with Crippen LogP contribution in [0.5, 0.6) is 5.75 Å². The number of ether oxygens (including phenoxy) is 1. The molecule has 0 spiro atoms. The van der Waals surface area contributed by atoms with Gasteiger partial charge in [-0.2, -0.15) is 0 Å². The quantitative estimate of drug-likeness (QED) is 0.810. The van der Waals surface area contributed by atoms with Gasteiger partial charge < -0.3 is 9.84 Å². The molecular weight excluding hydrogens is 230 g/mol. The number of hydrogen-bond acceptors (Lipinski definition) is 4. The minimum Gasteiger partial charge on any atom is -0.491 e. The molecule has 0 aliphatic carbocycles. The summed E-state index contributed by atoms with van der Waals surface area (Å²) in [5.41, 5.74) is 0. The van der Waals surface area contributed by atoms with Crippen LogP contribution in [0.2, 0.25) is 0 Å². The first-order valence-corrected chi connectivity index (χ1v) is 6.18. The minimum absolute atomic E-state index is 0.0717. The number of hydrogen-bond donors (Lipinski definition) is 1. The fourth-order valence-corrected chi connectivity index (χ4v) is 1.98. The van der Waals surface area contributed by atoms with Gasteiger partial charge in [-0.25, -0.2) is 12.7 Å². The Hall–Kier alpha value is -1.11. The van der Waals surface area contributed by atoms with E-state index in [1.165, 1.54) is 26.2 Å². The summed E-state index contributed by atoms with van der Waals surface area (Å²) >= 11 is 0. The van der Waals surface area contributed by atoms with Gasteiger partial charge in [0.05, 0.1) is 11.5 Å². The molecule has 1 rings (SSSR count). The first-order chi connectivity index (χ1) is 7.48. The lowest BCUT2D eigenvalue weighted by Crippen LogP contribution is -2.22. The third-order valence-corrected chi connectivity index (χ3v) is 3.79. The Morgan fingerprint density at radius 2 is 1.81 bits per heavy atom. The normalized spacial score (nSPS) is 11.8. The summed E-state index contributed by atoms with van der Waals surface area (Å²) in [7, 11) is -0.430. The Balaban J connectivity index is 2.87. The maximum Gasteiger partial charge on any atom is 0.242 e. The van der Waals surface area contributed by atoms with Crippen molar-refractivity contribution in [3.8, 4) is 5.75 Å². The van der Waals surface area contributed by atoms with Gasteiger partial charge in [-0.05, 0) is 24.3 Å². The second-order valence-electron chi connectivity index (χ2n) is 3.33. The molecule has 0 heterocycles. The molecular formula is C10H15NO4S. The highest BCUT2D eigenvalue weighted by atomic mass is 32.2. The van der Waals surface area contributed by atoms with Crippen molar-refractivity contribution >= 4 is 10.0 Å². The molecule has 0 saturated carbocycles. The summed E-state index contributed by atoms with van der Waals surface area (Å²) in [6, 6.07) is 6.07. The van der Waals surface area contributed by atoms with Crippen molar-refractivity contribution in [1.82, 2.24) is 4.31 Å². The van der Waals surface area contributed by atoms with Crippen LogP contribution in [-0.4, -0.2) is 45.1 Å². The molecule has 0 radical (unpaired) electrons.